The lowest BCUT2D eigenvalue weighted by Gasteiger charge is -2.26. The Morgan fingerprint density at radius 3 is 2.45 bits per heavy atom. The van der Waals surface area contributed by atoms with E-state index in [1.807, 2.05) is 0 Å². The summed E-state index contributed by atoms with van der Waals surface area (Å²) in [6.45, 7) is 1.14. The molecule has 0 atom stereocenters. The lowest BCUT2D eigenvalue weighted by molar-refractivity contribution is 0.147. The summed E-state index contributed by atoms with van der Waals surface area (Å²) >= 11 is 0. The number of aliphatic hydroxyl groups excluding tert-OH is 2. The smallest absolute Gasteiger partial charge is 0.241 e. The highest BCUT2D eigenvalue weighted by molar-refractivity contribution is 5.39. The lowest BCUT2D eigenvalue weighted by atomic mass is 10.1. The molecule has 0 aliphatic heterocycles. The van der Waals surface area contributed by atoms with Gasteiger partial charge in [0.1, 0.15) is 6.33 Å². The number of hydrogen-bond acceptors (Lipinski definition) is 8. The van der Waals surface area contributed by atoms with Crippen LogP contribution in [0.2, 0.25) is 0 Å². The molecule has 0 spiro atoms. The molecule has 4 N–H and O–H groups in total. The van der Waals surface area contributed by atoms with Gasteiger partial charge < -0.3 is 20.8 Å². The van der Waals surface area contributed by atoms with Gasteiger partial charge >= 0.3 is 0 Å². The van der Waals surface area contributed by atoms with Gasteiger partial charge in [0.2, 0.25) is 17.8 Å². The molecule has 9 nitrogen and oxygen atoms in total. The molecule has 0 aromatic carbocycles. The molecule has 0 bridgehead atoms. The molecule has 20 heavy (non-hydrogen) atoms. The maximum atomic E-state index is 9.30. The molecule has 0 aliphatic rings. The van der Waals surface area contributed by atoms with Crippen molar-refractivity contribution >= 4 is 11.9 Å². The third kappa shape index (κ3) is 3.00. The molecular formula is C11H17N7O2. The van der Waals surface area contributed by atoms with Gasteiger partial charge in [0.05, 0.1) is 18.8 Å². The predicted octanol–water partition coefficient (Wildman–Crippen LogP) is -0.746. The molecule has 9 heteroatoms. The van der Waals surface area contributed by atoms with Gasteiger partial charge in [0.15, 0.2) is 0 Å². The minimum Gasteiger partial charge on any atom is -0.394 e. The van der Waals surface area contributed by atoms with Crippen molar-refractivity contribution in [3.8, 4) is 5.95 Å². The minimum absolute atomic E-state index is 0.249. The van der Waals surface area contributed by atoms with E-state index in [2.05, 4.69) is 30.6 Å². The van der Waals surface area contributed by atoms with E-state index in [-0.39, 0.29) is 19.2 Å². The van der Waals surface area contributed by atoms with Crippen LogP contribution < -0.4 is 10.6 Å². The second-order valence-corrected chi connectivity index (χ2v) is 4.50. The van der Waals surface area contributed by atoms with Gasteiger partial charge in [-0.2, -0.15) is 15.0 Å². The fourth-order valence-corrected chi connectivity index (χ4v) is 1.42. The first-order valence-corrected chi connectivity index (χ1v) is 6.02. The zero-order valence-electron chi connectivity index (χ0n) is 11.3. The number of aliphatic hydroxyl groups is 2. The number of hydrogen-bond donors (Lipinski definition) is 4. The van der Waals surface area contributed by atoms with Crippen LogP contribution in [-0.2, 0) is 0 Å². The van der Waals surface area contributed by atoms with Gasteiger partial charge in [-0.1, -0.05) is 0 Å². The summed E-state index contributed by atoms with van der Waals surface area (Å²) in [5.41, 5.74) is -0.918. The van der Waals surface area contributed by atoms with E-state index in [1.54, 1.807) is 37.3 Å². The fraction of sp³-hybridized carbons (Fsp3) is 0.455. The van der Waals surface area contributed by atoms with Crippen LogP contribution in [-0.4, -0.2) is 60.5 Å². The third-order valence-corrected chi connectivity index (χ3v) is 2.69. The van der Waals surface area contributed by atoms with Crippen molar-refractivity contribution in [1.82, 2.24) is 24.5 Å². The Labute approximate surface area is 115 Å². The third-order valence-electron chi connectivity index (χ3n) is 2.69. The monoisotopic (exact) mass is 279 g/mol. The summed E-state index contributed by atoms with van der Waals surface area (Å²) in [7, 11) is 1.69. The first-order valence-electron chi connectivity index (χ1n) is 6.02. The number of anilines is 2. The van der Waals surface area contributed by atoms with Gasteiger partial charge in [-0.15, -0.1) is 0 Å². The van der Waals surface area contributed by atoms with Gasteiger partial charge in [-0.3, -0.25) is 4.57 Å². The van der Waals surface area contributed by atoms with E-state index in [4.69, 9.17) is 0 Å². The molecule has 108 valence electrons. The summed E-state index contributed by atoms with van der Waals surface area (Å²) in [5.74, 6) is 0.991. The average Bonchev–Trinajstić information content (AvgIpc) is 3.01. The largest absolute Gasteiger partial charge is 0.394 e. The molecule has 2 heterocycles. The van der Waals surface area contributed by atoms with Crippen LogP contribution >= 0.6 is 0 Å². The van der Waals surface area contributed by atoms with Crippen molar-refractivity contribution in [1.29, 1.82) is 0 Å². The first kappa shape index (κ1) is 14.2. The second-order valence-electron chi connectivity index (χ2n) is 4.50. The predicted molar refractivity (Wildman–Crippen MR) is 72.7 cm³/mol. The van der Waals surface area contributed by atoms with Crippen LogP contribution in [0.1, 0.15) is 6.92 Å². The van der Waals surface area contributed by atoms with Crippen molar-refractivity contribution in [2.45, 2.75) is 12.5 Å². The van der Waals surface area contributed by atoms with Crippen molar-refractivity contribution in [2.24, 2.45) is 0 Å². The summed E-state index contributed by atoms with van der Waals surface area (Å²) in [4.78, 5) is 16.5. The Balaban J connectivity index is 2.36. The van der Waals surface area contributed by atoms with E-state index < -0.39 is 5.54 Å². The maximum Gasteiger partial charge on any atom is 0.241 e. The van der Waals surface area contributed by atoms with Crippen LogP contribution in [0.3, 0.4) is 0 Å². The summed E-state index contributed by atoms with van der Waals surface area (Å²) in [5, 5.41) is 24.3. The van der Waals surface area contributed by atoms with Crippen LogP contribution in [0, 0.1) is 0 Å². The Morgan fingerprint density at radius 2 is 1.90 bits per heavy atom. The van der Waals surface area contributed by atoms with E-state index in [0.717, 1.165) is 0 Å². The molecule has 0 unspecified atom stereocenters. The maximum absolute atomic E-state index is 9.30. The molecule has 0 amide bonds. The van der Waals surface area contributed by atoms with Gasteiger partial charge in [-0.25, -0.2) is 4.98 Å². The number of aromatic nitrogens is 5. The Kier molecular flexibility index (Phi) is 4.11. The summed E-state index contributed by atoms with van der Waals surface area (Å²) < 4.78 is 1.63. The van der Waals surface area contributed by atoms with Crippen molar-refractivity contribution in [2.75, 3.05) is 30.9 Å². The molecule has 2 rings (SSSR count). The highest BCUT2D eigenvalue weighted by Crippen LogP contribution is 2.14. The van der Waals surface area contributed by atoms with Gasteiger partial charge in [0, 0.05) is 19.4 Å². The SMILES string of the molecule is CNc1nc(NC(C)(CO)CO)nc(-n2ccnc2)n1. The Bertz CT molecular complexity index is 554. The molecule has 0 saturated heterocycles. The fourth-order valence-electron chi connectivity index (χ4n) is 1.42. The second kappa shape index (κ2) is 5.80. The quantitative estimate of drug-likeness (QED) is 0.545. The number of imidazole rings is 1. The van der Waals surface area contributed by atoms with Crippen LogP contribution in [0.15, 0.2) is 18.7 Å². The molecule has 2 aromatic heterocycles. The van der Waals surface area contributed by atoms with Crippen molar-refractivity contribution < 1.29 is 10.2 Å². The highest BCUT2D eigenvalue weighted by Gasteiger charge is 2.23. The average molecular weight is 279 g/mol. The van der Waals surface area contributed by atoms with E-state index in [9.17, 15) is 10.2 Å². The Hall–Kier alpha value is -2.26. The highest BCUT2D eigenvalue weighted by atomic mass is 16.3. The van der Waals surface area contributed by atoms with Crippen LogP contribution in [0.25, 0.3) is 5.95 Å². The van der Waals surface area contributed by atoms with Crippen molar-refractivity contribution in [3.63, 3.8) is 0 Å². The van der Waals surface area contributed by atoms with Gasteiger partial charge in [-0.05, 0) is 6.92 Å². The standard InChI is InChI=1S/C11H17N7O2/c1-11(5-19,6-20)17-9-14-8(12-2)15-10(16-9)18-4-3-13-7-18/h3-4,7,19-20H,5-6H2,1-2H3,(H2,12,14,15,16,17). The zero-order valence-corrected chi connectivity index (χ0v) is 11.3. The summed E-state index contributed by atoms with van der Waals surface area (Å²) in [6.07, 6.45) is 4.88. The first-order chi connectivity index (χ1) is 9.60. The number of nitrogens with zero attached hydrogens (tertiary/aromatic N) is 5. The summed E-state index contributed by atoms with van der Waals surface area (Å²) in [6, 6.07) is 0. The molecule has 2 aromatic rings. The zero-order chi connectivity index (χ0) is 14.6. The minimum atomic E-state index is -0.918. The van der Waals surface area contributed by atoms with Crippen LogP contribution in [0.4, 0.5) is 11.9 Å². The molecule has 0 fully saturated rings. The number of rotatable bonds is 6. The van der Waals surface area contributed by atoms with E-state index >= 15 is 0 Å². The Morgan fingerprint density at radius 1 is 1.20 bits per heavy atom. The van der Waals surface area contributed by atoms with E-state index in [1.165, 1.54) is 0 Å². The topological polar surface area (TPSA) is 121 Å². The molecule has 0 aliphatic carbocycles. The molecular weight excluding hydrogens is 262 g/mol. The van der Waals surface area contributed by atoms with Crippen molar-refractivity contribution in [3.05, 3.63) is 18.7 Å². The molecule has 0 saturated carbocycles. The molecule has 0 radical (unpaired) electrons. The lowest BCUT2D eigenvalue weighted by Crippen LogP contribution is -2.43. The van der Waals surface area contributed by atoms with E-state index in [0.29, 0.717) is 11.9 Å². The van der Waals surface area contributed by atoms with Gasteiger partial charge in [0.25, 0.3) is 0 Å². The normalized spacial score (nSPS) is 11.4. The number of nitrogens with one attached hydrogen (secondary N) is 2. The van der Waals surface area contributed by atoms with Crippen LogP contribution in [0.5, 0.6) is 0 Å².